The van der Waals surface area contributed by atoms with Crippen molar-refractivity contribution in [1.29, 1.82) is 0 Å². The van der Waals surface area contributed by atoms with E-state index in [4.69, 9.17) is 0 Å². The highest BCUT2D eigenvalue weighted by molar-refractivity contribution is 9.10. The zero-order valence-corrected chi connectivity index (χ0v) is 13.2. The Kier molecular flexibility index (Phi) is 6.72. The number of rotatable bonds is 7. The summed E-state index contributed by atoms with van der Waals surface area (Å²) >= 11 is 3.40. The SMILES string of the molecule is CCCNC(C)c1ccc(Br)cc1N(C)CC(F)F. The molecule has 1 atom stereocenters. The first kappa shape index (κ1) is 16.4. The average molecular weight is 335 g/mol. The molecule has 0 heterocycles. The fourth-order valence-corrected chi connectivity index (χ4v) is 2.34. The summed E-state index contributed by atoms with van der Waals surface area (Å²) in [5.74, 6) is 0. The summed E-state index contributed by atoms with van der Waals surface area (Å²) in [6, 6.07) is 5.96. The van der Waals surface area contributed by atoms with Crippen LogP contribution in [0.5, 0.6) is 0 Å². The second-order valence-corrected chi connectivity index (χ2v) is 5.57. The topological polar surface area (TPSA) is 15.3 Å². The average Bonchev–Trinajstić information content (AvgIpc) is 2.35. The molecule has 1 rings (SSSR count). The van der Waals surface area contributed by atoms with E-state index in [2.05, 4.69) is 35.1 Å². The fraction of sp³-hybridized carbons (Fsp3) is 0.571. The number of hydrogen-bond acceptors (Lipinski definition) is 2. The van der Waals surface area contributed by atoms with E-state index < -0.39 is 6.43 Å². The lowest BCUT2D eigenvalue weighted by molar-refractivity contribution is 0.156. The number of alkyl halides is 2. The van der Waals surface area contributed by atoms with Crippen molar-refractivity contribution in [2.45, 2.75) is 32.7 Å². The standard InChI is InChI=1S/C14H21BrF2N2/c1-4-7-18-10(2)12-6-5-11(15)8-13(12)19(3)9-14(16)17/h5-6,8,10,14,18H,4,7,9H2,1-3H3. The minimum absolute atomic E-state index is 0.142. The second kappa shape index (κ2) is 7.80. The summed E-state index contributed by atoms with van der Waals surface area (Å²) in [5.41, 5.74) is 1.88. The molecule has 0 saturated heterocycles. The molecular weight excluding hydrogens is 314 g/mol. The Bertz CT molecular complexity index is 399. The Balaban J connectivity index is 2.96. The van der Waals surface area contributed by atoms with Crippen molar-refractivity contribution in [1.82, 2.24) is 5.32 Å². The first-order chi connectivity index (χ1) is 8.95. The molecule has 0 aliphatic rings. The normalized spacial score (nSPS) is 12.8. The highest BCUT2D eigenvalue weighted by Crippen LogP contribution is 2.29. The summed E-state index contributed by atoms with van der Waals surface area (Å²) < 4.78 is 26.0. The van der Waals surface area contributed by atoms with E-state index >= 15 is 0 Å². The van der Waals surface area contributed by atoms with Crippen molar-refractivity contribution < 1.29 is 8.78 Å². The number of benzene rings is 1. The molecule has 0 amide bonds. The van der Waals surface area contributed by atoms with E-state index in [0.717, 1.165) is 28.7 Å². The Morgan fingerprint density at radius 1 is 1.37 bits per heavy atom. The smallest absolute Gasteiger partial charge is 0.255 e. The Hall–Kier alpha value is -0.680. The molecule has 0 fully saturated rings. The van der Waals surface area contributed by atoms with Crippen LogP contribution in [0.1, 0.15) is 31.9 Å². The van der Waals surface area contributed by atoms with Crippen LogP contribution in [0, 0.1) is 0 Å². The van der Waals surface area contributed by atoms with Gasteiger partial charge in [0.1, 0.15) is 0 Å². The molecule has 0 aromatic heterocycles. The number of hydrogen-bond donors (Lipinski definition) is 1. The van der Waals surface area contributed by atoms with Gasteiger partial charge in [0.2, 0.25) is 0 Å². The molecule has 0 aliphatic carbocycles. The molecule has 2 nitrogen and oxygen atoms in total. The maximum Gasteiger partial charge on any atom is 0.255 e. The van der Waals surface area contributed by atoms with Crippen molar-refractivity contribution in [3.8, 4) is 0 Å². The van der Waals surface area contributed by atoms with E-state index in [1.54, 1.807) is 11.9 Å². The van der Waals surface area contributed by atoms with Crippen LogP contribution >= 0.6 is 15.9 Å². The van der Waals surface area contributed by atoms with Crippen LogP contribution in [0.15, 0.2) is 22.7 Å². The van der Waals surface area contributed by atoms with Crippen LogP contribution in [0.4, 0.5) is 14.5 Å². The van der Waals surface area contributed by atoms with Gasteiger partial charge in [-0.15, -0.1) is 0 Å². The van der Waals surface area contributed by atoms with E-state index in [1.807, 2.05) is 18.2 Å². The van der Waals surface area contributed by atoms with Crippen LogP contribution in [0.2, 0.25) is 0 Å². The Labute approximate surface area is 122 Å². The highest BCUT2D eigenvalue weighted by atomic mass is 79.9. The lowest BCUT2D eigenvalue weighted by atomic mass is 10.1. The maximum atomic E-state index is 12.5. The highest BCUT2D eigenvalue weighted by Gasteiger charge is 2.16. The van der Waals surface area contributed by atoms with E-state index in [1.165, 1.54) is 0 Å². The van der Waals surface area contributed by atoms with E-state index in [0.29, 0.717) is 0 Å². The summed E-state index contributed by atoms with van der Waals surface area (Å²) in [6.07, 6.45) is -1.29. The van der Waals surface area contributed by atoms with Crippen LogP contribution in [0.25, 0.3) is 0 Å². The lowest BCUT2D eigenvalue weighted by Gasteiger charge is -2.25. The summed E-state index contributed by atoms with van der Waals surface area (Å²) in [5, 5.41) is 3.39. The second-order valence-electron chi connectivity index (χ2n) is 4.65. The maximum absolute atomic E-state index is 12.5. The third-order valence-corrected chi connectivity index (χ3v) is 3.48. The quantitative estimate of drug-likeness (QED) is 0.803. The van der Waals surface area contributed by atoms with E-state index in [-0.39, 0.29) is 12.6 Å². The lowest BCUT2D eigenvalue weighted by Crippen LogP contribution is -2.27. The molecule has 19 heavy (non-hydrogen) atoms. The van der Waals surface area contributed by atoms with Gasteiger partial charge in [0.05, 0.1) is 6.54 Å². The van der Waals surface area contributed by atoms with Gasteiger partial charge >= 0.3 is 0 Å². The van der Waals surface area contributed by atoms with Crippen molar-refractivity contribution in [2.24, 2.45) is 0 Å². The van der Waals surface area contributed by atoms with Gasteiger partial charge in [0.15, 0.2) is 0 Å². The summed E-state index contributed by atoms with van der Waals surface area (Å²) in [7, 11) is 1.70. The summed E-state index contributed by atoms with van der Waals surface area (Å²) in [6.45, 7) is 4.81. The molecule has 1 N–H and O–H groups in total. The van der Waals surface area contributed by atoms with Crippen molar-refractivity contribution in [3.05, 3.63) is 28.2 Å². The molecule has 1 unspecified atom stereocenters. The number of halogens is 3. The van der Waals surface area contributed by atoms with Crippen LogP contribution in [0.3, 0.4) is 0 Å². The van der Waals surface area contributed by atoms with Crippen molar-refractivity contribution in [3.63, 3.8) is 0 Å². The van der Waals surface area contributed by atoms with Gasteiger partial charge in [0.25, 0.3) is 6.43 Å². The number of nitrogens with zero attached hydrogens (tertiary/aromatic N) is 1. The first-order valence-electron chi connectivity index (χ1n) is 6.47. The van der Waals surface area contributed by atoms with E-state index in [9.17, 15) is 8.78 Å². The molecule has 1 aromatic carbocycles. The zero-order chi connectivity index (χ0) is 14.4. The molecule has 0 spiro atoms. The van der Waals surface area contributed by atoms with Crippen LogP contribution in [-0.4, -0.2) is 26.6 Å². The van der Waals surface area contributed by atoms with Gasteiger partial charge in [-0.2, -0.15) is 0 Å². The summed E-state index contributed by atoms with van der Waals surface area (Å²) in [4.78, 5) is 1.61. The van der Waals surface area contributed by atoms with Crippen LogP contribution < -0.4 is 10.2 Å². The first-order valence-corrected chi connectivity index (χ1v) is 7.27. The third kappa shape index (κ3) is 5.07. The van der Waals surface area contributed by atoms with Gasteiger partial charge in [-0.05, 0) is 37.6 Å². The number of nitrogens with one attached hydrogen (secondary N) is 1. The van der Waals surface area contributed by atoms with Gasteiger partial charge < -0.3 is 10.2 Å². The molecule has 5 heteroatoms. The Morgan fingerprint density at radius 3 is 2.63 bits per heavy atom. The third-order valence-electron chi connectivity index (χ3n) is 2.98. The molecule has 0 radical (unpaired) electrons. The molecule has 0 aliphatic heterocycles. The Morgan fingerprint density at radius 2 is 2.05 bits per heavy atom. The number of anilines is 1. The van der Waals surface area contributed by atoms with Crippen molar-refractivity contribution >= 4 is 21.6 Å². The predicted molar refractivity (Wildman–Crippen MR) is 80.1 cm³/mol. The van der Waals surface area contributed by atoms with Gasteiger partial charge in [-0.3, -0.25) is 0 Å². The molecule has 1 aromatic rings. The molecular formula is C14H21BrF2N2. The predicted octanol–water partition coefficient (Wildman–Crippen LogP) is 4.21. The van der Waals surface area contributed by atoms with Gasteiger partial charge in [-0.1, -0.05) is 28.9 Å². The van der Waals surface area contributed by atoms with Crippen LogP contribution in [-0.2, 0) is 0 Å². The molecule has 0 saturated carbocycles. The fourth-order valence-electron chi connectivity index (χ4n) is 1.99. The minimum Gasteiger partial charge on any atom is -0.369 e. The minimum atomic E-state index is -2.34. The zero-order valence-electron chi connectivity index (χ0n) is 11.6. The molecule has 108 valence electrons. The van der Waals surface area contributed by atoms with Gasteiger partial charge in [0, 0.05) is 23.2 Å². The monoisotopic (exact) mass is 334 g/mol. The molecule has 0 bridgehead atoms. The largest absolute Gasteiger partial charge is 0.369 e. The van der Waals surface area contributed by atoms with Gasteiger partial charge in [-0.25, -0.2) is 8.78 Å². The van der Waals surface area contributed by atoms with Crippen molar-refractivity contribution in [2.75, 3.05) is 25.0 Å².